The molecule has 0 aliphatic carbocycles. The van der Waals surface area contributed by atoms with Crippen molar-refractivity contribution in [3.8, 4) is 0 Å². The van der Waals surface area contributed by atoms with Gasteiger partial charge < -0.3 is 14.4 Å². The Morgan fingerprint density at radius 1 is 1.56 bits per heavy atom. The van der Waals surface area contributed by atoms with E-state index in [1.807, 2.05) is 11.8 Å². The molecule has 1 rings (SSSR count). The number of ether oxygens (including phenoxy) is 2. The zero-order valence-electron chi connectivity index (χ0n) is 9.95. The first kappa shape index (κ1) is 13.9. The van der Waals surface area contributed by atoms with Crippen molar-refractivity contribution in [3.63, 3.8) is 0 Å². The van der Waals surface area contributed by atoms with Gasteiger partial charge in [-0.15, -0.1) is 0 Å². The van der Waals surface area contributed by atoms with Crippen molar-refractivity contribution in [3.05, 3.63) is 0 Å². The van der Waals surface area contributed by atoms with E-state index in [4.69, 9.17) is 9.47 Å². The van der Waals surface area contributed by atoms with Crippen LogP contribution in [0.4, 0.5) is 0 Å². The number of carbonyl (C=O) groups is 1. The standard InChI is InChI=1S/C11H20BrNO3/c1-9-10(3-7-16-9)11(14)13(5-4-12)6-8-15-2/h9-10H,3-8H2,1-2H3. The minimum absolute atomic E-state index is 0.0240. The van der Waals surface area contributed by atoms with Crippen LogP contribution < -0.4 is 0 Å². The summed E-state index contributed by atoms with van der Waals surface area (Å²) < 4.78 is 10.4. The highest BCUT2D eigenvalue weighted by molar-refractivity contribution is 9.09. The van der Waals surface area contributed by atoms with Crippen LogP contribution in [0.25, 0.3) is 0 Å². The maximum absolute atomic E-state index is 12.2. The average molecular weight is 294 g/mol. The SMILES string of the molecule is COCCN(CCBr)C(=O)C1CCOC1C. The molecule has 0 bridgehead atoms. The molecule has 0 aromatic carbocycles. The summed E-state index contributed by atoms with van der Waals surface area (Å²) in [6.45, 7) is 4.64. The smallest absolute Gasteiger partial charge is 0.228 e. The highest BCUT2D eigenvalue weighted by Crippen LogP contribution is 2.22. The number of methoxy groups -OCH3 is 1. The summed E-state index contributed by atoms with van der Waals surface area (Å²) in [6, 6.07) is 0. The van der Waals surface area contributed by atoms with Crippen LogP contribution in [0.2, 0.25) is 0 Å². The van der Waals surface area contributed by atoms with E-state index in [0.717, 1.165) is 18.3 Å². The first-order valence-corrected chi connectivity index (χ1v) is 6.78. The fourth-order valence-electron chi connectivity index (χ4n) is 1.93. The van der Waals surface area contributed by atoms with Gasteiger partial charge in [-0.1, -0.05) is 15.9 Å². The largest absolute Gasteiger partial charge is 0.383 e. The zero-order chi connectivity index (χ0) is 12.0. The second-order valence-corrected chi connectivity index (χ2v) is 4.77. The van der Waals surface area contributed by atoms with Gasteiger partial charge >= 0.3 is 0 Å². The van der Waals surface area contributed by atoms with Gasteiger partial charge in [0.15, 0.2) is 0 Å². The molecule has 0 radical (unpaired) electrons. The molecule has 4 nitrogen and oxygen atoms in total. The Morgan fingerprint density at radius 2 is 2.31 bits per heavy atom. The summed E-state index contributed by atoms with van der Waals surface area (Å²) in [5.74, 6) is 0.220. The molecule has 1 amide bonds. The van der Waals surface area contributed by atoms with Crippen LogP contribution in [0.1, 0.15) is 13.3 Å². The highest BCUT2D eigenvalue weighted by atomic mass is 79.9. The number of halogens is 1. The lowest BCUT2D eigenvalue weighted by molar-refractivity contribution is -0.137. The van der Waals surface area contributed by atoms with Crippen LogP contribution in [-0.2, 0) is 14.3 Å². The third-order valence-electron chi connectivity index (χ3n) is 2.92. The Balaban J connectivity index is 2.51. The molecule has 2 unspecified atom stereocenters. The Labute approximate surface area is 105 Å². The first-order chi connectivity index (χ1) is 7.70. The number of hydrogen-bond donors (Lipinski definition) is 0. The Kier molecular flexibility index (Phi) is 6.31. The summed E-state index contributed by atoms with van der Waals surface area (Å²) in [4.78, 5) is 14.1. The summed E-state index contributed by atoms with van der Waals surface area (Å²) in [5.41, 5.74) is 0. The third kappa shape index (κ3) is 3.71. The molecule has 0 spiro atoms. The van der Waals surface area contributed by atoms with Crippen molar-refractivity contribution in [1.29, 1.82) is 0 Å². The summed E-state index contributed by atoms with van der Waals surface area (Å²) in [7, 11) is 1.65. The van der Waals surface area contributed by atoms with Gasteiger partial charge in [0.2, 0.25) is 5.91 Å². The minimum Gasteiger partial charge on any atom is -0.383 e. The van der Waals surface area contributed by atoms with Crippen LogP contribution in [-0.4, -0.2) is 55.7 Å². The Bertz CT molecular complexity index is 225. The molecule has 1 aliphatic heterocycles. The van der Waals surface area contributed by atoms with Gasteiger partial charge in [0.1, 0.15) is 0 Å². The molecule has 0 saturated carbocycles. The molecule has 94 valence electrons. The van der Waals surface area contributed by atoms with Crippen LogP contribution in [0.3, 0.4) is 0 Å². The minimum atomic E-state index is 0.0240. The van der Waals surface area contributed by atoms with Gasteiger partial charge in [0, 0.05) is 32.1 Å². The fraction of sp³-hybridized carbons (Fsp3) is 0.909. The van der Waals surface area contributed by atoms with Gasteiger partial charge in [-0.05, 0) is 13.3 Å². The maximum Gasteiger partial charge on any atom is 0.228 e. The van der Waals surface area contributed by atoms with E-state index in [1.54, 1.807) is 7.11 Å². The normalized spacial score (nSPS) is 24.7. The molecule has 1 fully saturated rings. The van der Waals surface area contributed by atoms with E-state index in [-0.39, 0.29) is 17.9 Å². The number of amides is 1. The van der Waals surface area contributed by atoms with E-state index >= 15 is 0 Å². The van der Waals surface area contributed by atoms with E-state index in [2.05, 4.69) is 15.9 Å². The fourth-order valence-corrected chi connectivity index (χ4v) is 2.35. The first-order valence-electron chi connectivity index (χ1n) is 5.66. The quantitative estimate of drug-likeness (QED) is 0.693. The molecule has 1 saturated heterocycles. The summed E-state index contributed by atoms with van der Waals surface area (Å²) in [5, 5.41) is 0.796. The third-order valence-corrected chi connectivity index (χ3v) is 3.28. The molecule has 0 N–H and O–H groups in total. The number of rotatable bonds is 6. The lowest BCUT2D eigenvalue weighted by Crippen LogP contribution is -2.41. The average Bonchev–Trinajstić information content (AvgIpc) is 2.69. The van der Waals surface area contributed by atoms with Crippen molar-refractivity contribution in [1.82, 2.24) is 4.90 Å². The molecule has 1 aliphatic rings. The zero-order valence-corrected chi connectivity index (χ0v) is 11.5. The van der Waals surface area contributed by atoms with Crippen molar-refractivity contribution in [2.45, 2.75) is 19.4 Å². The van der Waals surface area contributed by atoms with Crippen LogP contribution >= 0.6 is 15.9 Å². The molecular formula is C11H20BrNO3. The molecule has 0 aromatic heterocycles. The molecular weight excluding hydrogens is 274 g/mol. The Hall–Kier alpha value is -0.130. The van der Waals surface area contributed by atoms with E-state index in [1.165, 1.54) is 0 Å². The van der Waals surface area contributed by atoms with E-state index in [9.17, 15) is 4.79 Å². The topological polar surface area (TPSA) is 38.8 Å². The van der Waals surface area contributed by atoms with Gasteiger partial charge in [0.05, 0.1) is 18.6 Å². The van der Waals surface area contributed by atoms with Crippen molar-refractivity contribution >= 4 is 21.8 Å². The maximum atomic E-state index is 12.2. The van der Waals surface area contributed by atoms with E-state index < -0.39 is 0 Å². The lowest BCUT2D eigenvalue weighted by atomic mass is 10.0. The van der Waals surface area contributed by atoms with Crippen molar-refractivity contribution in [2.75, 3.05) is 38.7 Å². The molecule has 2 atom stereocenters. The van der Waals surface area contributed by atoms with Crippen LogP contribution in [0.5, 0.6) is 0 Å². The number of hydrogen-bond acceptors (Lipinski definition) is 3. The number of carbonyl (C=O) groups excluding carboxylic acids is 1. The Morgan fingerprint density at radius 3 is 2.81 bits per heavy atom. The second-order valence-electron chi connectivity index (χ2n) is 3.98. The number of nitrogens with zero attached hydrogens (tertiary/aromatic N) is 1. The predicted octanol–water partition coefficient (Wildman–Crippen LogP) is 1.28. The monoisotopic (exact) mass is 293 g/mol. The van der Waals surface area contributed by atoms with Crippen molar-refractivity contribution in [2.24, 2.45) is 5.92 Å². The molecule has 0 aromatic rings. The van der Waals surface area contributed by atoms with Crippen LogP contribution in [0.15, 0.2) is 0 Å². The lowest BCUT2D eigenvalue weighted by Gasteiger charge is -2.25. The highest BCUT2D eigenvalue weighted by Gasteiger charge is 2.33. The van der Waals surface area contributed by atoms with Gasteiger partial charge in [-0.25, -0.2) is 0 Å². The molecule has 1 heterocycles. The van der Waals surface area contributed by atoms with Gasteiger partial charge in [-0.2, -0.15) is 0 Å². The molecule has 16 heavy (non-hydrogen) atoms. The van der Waals surface area contributed by atoms with Gasteiger partial charge in [-0.3, -0.25) is 4.79 Å². The number of alkyl halides is 1. The van der Waals surface area contributed by atoms with E-state index in [0.29, 0.717) is 19.8 Å². The summed E-state index contributed by atoms with van der Waals surface area (Å²) >= 11 is 3.37. The molecule has 5 heteroatoms. The predicted molar refractivity (Wildman–Crippen MR) is 65.8 cm³/mol. The van der Waals surface area contributed by atoms with Crippen LogP contribution in [0, 0.1) is 5.92 Å². The van der Waals surface area contributed by atoms with Crippen molar-refractivity contribution < 1.29 is 14.3 Å². The van der Waals surface area contributed by atoms with Gasteiger partial charge in [0.25, 0.3) is 0 Å². The second kappa shape index (κ2) is 7.25. The summed E-state index contributed by atoms with van der Waals surface area (Å²) in [6.07, 6.45) is 0.888.